The monoisotopic (exact) mass is 246 g/mol. The predicted molar refractivity (Wildman–Crippen MR) is 65.3 cm³/mol. The van der Waals surface area contributed by atoms with E-state index in [4.69, 9.17) is 19.7 Å². The Morgan fingerprint density at radius 1 is 1.17 bits per heavy atom. The van der Waals surface area contributed by atoms with Crippen molar-refractivity contribution >= 4 is 0 Å². The van der Waals surface area contributed by atoms with E-state index >= 15 is 0 Å². The molecule has 5 heteroatoms. The molecule has 2 aromatic rings. The summed E-state index contributed by atoms with van der Waals surface area (Å²) in [5, 5.41) is 0. The van der Waals surface area contributed by atoms with Crippen molar-refractivity contribution in [1.82, 2.24) is 5.43 Å². The first kappa shape index (κ1) is 11.1. The molecular formula is C13H14N2O3. The topological polar surface area (TPSA) is 69.7 Å². The Labute approximate surface area is 104 Å². The summed E-state index contributed by atoms with van der Waals surface area (Å²) >= 11 is 0. The summed E-state index contributed by atoms with van der Waals surface area (Å²) in [6, 6.07) is 7.47. The van der Waals surface area contributed by atoms with Gasteiger partial charge < -0.3 is 13.9 Å². The Morgan fingerprint density at radius 3 is 2.83 bits per heavy atom. The van der Waals surface area contributed by atoms with Crippen LogP contribution in [0.4, 0.5) is 0 Å². The van der Waals surface area contributed by atoms with E-state index in [2.05, 4.69) is 5.43 Å². The third kappa shape index (κ3) is 1.83. The Hall–Kier alpha value is -1.98. The van der Waals surface area contributed by atoms with Crippen molar-refractivity contribution in [2.45, 2.75) is 6.04 Å². The van der Waals surface area contributed by atoms with Crippen molar-refractivity contribution in [2.24, 2.45) is 5.84 Å². The van der Waals surface area contributed by atoms with Gasteiger partial charge in [0.1, 0.15) is 13.2 Å². The fourth-order valence-corrected chi connectivity index (χ4v) is 2.13. The molecule has 1 aromatic carbocycles. The van der Waals surface area contributed by atoms with Gasteiger partial charge in [0.25, 0.3) is 0 Å². The lowest BCUT2D eigenvalue weighted by Gasteiger charge is -2.24. The van der Waals surface area contributed by atoms with Crippen LogP contribution in [0.2, 0.25) is 0 Å². The van der Waals surface area contributed by atoms with E-state index in [0.29, 0.717) is 13.2 Å². The maximum Gasteiger partial charge on any atom is 0.166 e. The average molecular weight is 246 g/mol. The summed E-state index contributed by atoms with van der Waals surface area (Å²) in [7, 11) is 0. The van der Waals surface area contributed by atoms with Crippen molar-refractivity contribution in [1.29, 1.82) is 0 Å². The maximum absolute atomic E-state index is 5.68. The lowest BCUT2D eigenvalue weighted by molar-refractivity contribution is 0.169. The Bertz CT molecular complexity index is 525. The van der Waals surface area contributed by atoms with Gasteiger partial charge in [-0.15, -0.1) is 0 Å². The molecule has 3 rings (SSSR count). The minimum atomic E-state index is -0.180. The number of hydrogen-bond donors (Lipinski definition) is 2. The number of rotatable bonds is 3. The smallest absolute Gasteiger partial charge is 0.166 e. The van der Waals surface area contributed by atoms with E-state index in [-0.39, 0.29) is 6.04 Å². The molecule has 0 saturated carbocycles. The SMILES string of the molecule is NNC(c1ccoc1)c1cccc2c1OCCO2. The van der Waals surface area contributed by atoms with E-state index < -0.39 is 0 Å². The van der Waals surface area contributed by atoms with Crippen molar-refractivity contribution in [3.8, 4) is 11.5 Å². The lowest BCUT2D eigenvalue weighted by Crippen LogP contribution is -2.29. The molecule has 1 unspecified atom stereocenters. The molecule has 94 valence electrons. The number of nitrogens with one attached hydrogen (secondary N) is 1. The van der Waals surface area contributed by atoms with Gasteiger partial charge in [0.2, 0.25) is 0 Å². The lowest BCUT2D eigenvalue weighted by atomic mass is 10.0. The molecule has 2 heterocycles. The number of ether oxygens (including phenoxy) is 2. The maximum atomic E-state index is 5.68. The molecule has 5 nitrogen and oxygen atoms in total. The fraction of sp³-hybridized carbons (Fsp3) is 0.231. The second-order valence-corrected chi connectivity index (χ2v) is 4.03. The number of benzene rings is 1. The summed E-state index contributed by atoms with van der Waals surface area (Å²) < 4.78 is 16.3. The van der Waals surface area contributed by atoms with Gasteiger partial charge in [0, 0.05) is 11.1 Å². The summed E-state index contributed by atoms with van der Waals surface area (Å²) in [6.07, 6.45) is 3.28. The number of furan rings is 1. The van der Waals surface area contributed by atoms with Crippen LogP contribution in [0.25, 0.3) is 0 Å². The van der Waals surface area contributed by atoms with Crippen LogP contribution in [-0.4, -0.2) is 13.2 Å². The van der Waals surface area contributed by atoms with Crippen LogP contribution in [0.15, 0.2) is 41.2 Å². The molecule has 1 aliphatic heterocycles. The van der Waals surface area contributed by atoms with Gasteiger partial charge in [-0.1, -0.05) is 12.1 Å². The molecule has 0 aliphatic carbocycles. The van der Waals surface area contributed by atoms with Gasteiger partial charge in [-0.25, -0.2) is 5.43 Å². The molecule has 3 N–H and O–H groups in total. The zero-order chi connectivity index (χ0) is 12.4. The van der Waals surface area contributed by atoms with E-state index in [0.717, 1.165) is 22.6 Å². The van der Waals surface area contributed by atoms with Crippen LogP contribution in [0.1, 0.15) is 17.2 Å². The van der Waals surface area contributed by atoms with Crippen molar-refractivity contribution in [3.05, 3.63) is 47.9 Å². The highest BCUT2D eigenvalue weighted by molar-refractivity contribution is 5.51. The predicted octanol–water partition coefficient (Wildman–Crippen LogP) is 1.60. The second kappa shape index (κ2) is 4.72. The molecule has 0 fully saturated rings. The molecule has 0 amide bonds. The van der Waals surface area contributed by atoms with Crippen molar-refractivity contribution in [3.63, 3.8) is 0 Å². The molecular weight excluding hydrogens is 232 g/mol. The van der Waals surface area contributed by atoms with E-state index in [1.165, 1.54) is 0 Å². The number of fused-ring (bicyclic) bond motifs is 1. The molecule has 1 aromatic heterocycles. The quantitative estimate of drug-likeness (QED) is 0.636. The third-order valence-corrected chi connectivity index (χ3v) is 2.95. The summed E-state index contributed by atoms with van der Waals surface area (Å²) in [6.45, 7) is 1.12. The van der Waals surface area contributed by atoms with Gasteiger partial charge >= 0.3 is 0 Å². The van der Waals surface area contributed by atoms with Crippen LogP contribution in [0, 0.1) is 0 Å². The largest absolute Gasteiger partial charge is 0.486 e. The van der Waals surface area contributed by atoms with Gasteiger partial charge in [-0.2, -0.15) is 0 Å². The summed E-state index contributed by atoms with van der Waals surface area (Å²) in [5.41, 5.74) is 4.66. The summed E-state index contributed by atoms with van der Waals surface area (Å²) in [5.74, 6) is 7.14. The Kier molecular flexibility index (Phi) is 2.92. The first-order chi connectivity index (χ1) is 8.90. The first-order valence-electron chi connectivity index (χ1n) is 5.77. The third-order valence-electron chi connectivity index (χ3n) is 2.95. The molecule has 0 radical (unpaired) electrons. The standard InChI is InChI=1S/C13H14N2O3/c14-15-12(9-4-5-16-8-9)10-2-1-3-11-13(10)18-7-6-17-11/h1-5,8,12,15H,6-7,14H2. The highest BCUT2D eigenvalue weighted by atomic mass is 16.6. The van der Waals surface area contributed by atoms with Gasteiger partial charge in [-0.3, -0.25) is 5.84 Å². The van der Waals surface area contributed by atoms with E-state index in [1.807, 2.05) is 24.3 Å². The number of hydrazine groups is 1. The summed E-state index contributed by atoms with van der Waals surface area (Å²) in [4.78, 5) is 0. The zero-order valence-electron chi connectivity index (χ0n) is 9.76. The Balaban J connectivity index is 2.05. The van der Waals surface area contributed by atoms with E-state index in [9.17, 15) is 0 Å². The first-order valence-corrected chi connectivity index (χ1v) is 5.77. The van der Waals surface area contributed by atoms with Crippen LogP contribution >= 0.6 is 0 Å². The highest BCUT2D eigenvalue weighted by Gasteiger charge is 2.23. The Morgan fingerprint density at radius 2 is 2.06 bits per heavy atom. The number of hydrogen-bond acceptors (Lipinski definition) is 5. The molecule has 0 saturated heterocycles. The van der Waals surface area contributed by atoms with Gasteiger partial charge in [0.15, 0.2) is 11.5 Å². The molecule has 18 heavy (non-hydrogen) atoms. The molecule has 0 spiro atoms. The van der Waals surface area contributed by atoms with Crippen LogP contribution in [0.5, 0.6) is 11.5 Å². The van der Waals surface area contributed by atoms with Crippen molar-refractivity contribution < 1.29 is 13.9 Å². The average Bonchev–Trinajstić information content (AvgIpc) is 2.94. The normalized spacial score (nSPS) is 15.4. The number of para-hydroxylation sites is 1. The molecule has 1 atom stereocenters. The van der Waals surface area contributed by atoms with Crippen LogP contribution < -0.4 is 20.7 Å². The van der Waals surface area contributed by atoms with Gasteiger partial charge in [-0.05, 0) is 12.1 Å². The molecule has 0 bridgehead atoms. The van der Waals surface area contributed by atoms with Gasteiger partial charge in [0.05, 0.1) is 18.6 Å². The van der Waals surface area contributed by atoms with Crippen LogP contribution in [-0.2, 0) is 0 Å². The molecule has 1 aliphatic rings. The van der Waals surface area contributed by atoms with E-state index in [1.54, 1.807) is 12.5 Å². The zero-order valence-corrected chi connectivity index (χ0v) is 9.76. The minimum absolute atomic E-state index is 0.180. The number of nitrogens with two attached hydrogens (primary N) is 1. The minimum Gasteiger partial charge on any atom is -0.486 e. The second-order valence-electron chi connectivity index (χ2n) is 4.03. The van der Waals surface area contributed by atoms with Crippen LogP contribution in [0.3, 0.4) is 0 Å². The van der Waals surface area contributed by atoms with Crippen molar-refractivity contribution in [2.75, 3.05) is 13.2 Å². The highest BCUT2D eigenvalue weighted by Crippen LogP contribution is 2.38. The fourth-order valence-electron chi connectivity index (χ4n) is 2.13.